The van der Waals surface area contributed by atoms with Gasteiger partial charge in [0.2, 0.25) is 5.90 Å². The molecule has 3 N–H and O–H groups in total. The van der Waals surface area contributed by atoms with Crippen molar-refractivity contribution in [2.45, 2.75) is 26.3 Å². The van der Waals surface area contributed by atoms with Crippen LogP contribution in [0, 0.1) is 5.92 Å². The lowest BCUT2D eigenvalue weighted by molar-refractivity contribution is 0.349. The van der Waals surface area contributed by atoms with E-state index in [1.54, 1.807) is 0 Å². The van der Waals surface area contributed by atoms with Crippen LogP contribution in [0.2, 0.25) is 0 Å². The first-order valence-electron chi connectivity index (χ1n) is 4.13. The Kier molecular flexibility index (Phi) is 1.58. The minimum Gasteiger partial charge on any atom is -0.444 e. The molecular weight excluding hydrogens is 154 g/mol. The number of hydrogen-bond donors (Lipinski definition) is 2. The van der Waals surface area contributed by atoms with E-state index in [2.05, 4.69) is 10.5 Å². The molecule has 0 saturated heterocycles. The number of hydrazone groups is 1. The molecule has 1 fully saturated rings. The summed E-state index contributed by atoms with van der Waals surface area (Å²) in [5.74, 6) is 2.03. The first kappa shape index (κ1) is 7.61. The second kappa shape index (κ2) is 2.48. The van der Waals surface area contributed by atoms with E-state index in [-0.39, 0.29) is 6.04 Å². The normalized spacial score (nSPS) is 33.8. The minimum atomic E-state index is 0.280. The minimum absolute atomic E-state index is 0.280. The SMILES string of the molecule is CC1=NNC(C)=C(C2CC2N)O1. The van der Waals surface area contributed by atoms with Gasteiger partial charge in [-0.15, -0.1) is 5.10 Å². The Balaban J connectivity index is 2.13. The summed E-state index contributed by atoms with van der Waals surface area (Å²) in [4.78, 5) is 0. The quantitative estimate of drug-likeness (QED) is 0.598. The maximum absolute atomic E-state index is 5.72. The molecule has 2 rings (SSSR count). The van der Waals surface area contributed by atoms with E-state index in [0.717, 1.165) is 17.9 Å². The van der Waals surface area contributed by atoms with E-state index in [1.165, 1.54) is 0 Å². The average molecular weight is 167 g/mol. The van der Waals surface area contributed by atoms with Crippen LogP contribution < -0.4 is 11.2 Å². The topological polar surface area (TPSA) is 59.6 Å². The van der Waals surface area contributed by atoms with Gasteiger partial charge in [0.1, 0.15) is 5.76 Å². The van der Waals surface area contributed by atoms with Crippen molar-refractivity contribution in [2.75, 3.05) is 0 Å². The molecule has 66 valence electrons. The molecule has 0 aromatic carbocycles. The molecule has 1 heterocycles. The van der Waals surface area contributed by atoms with E-state index >= 15 is 0 Å². The number of nitrogens with one attached hydrogen (secondary N) is 1. The van der Waals surface area contributed by atoms with Crippen molar-refractivity contribution >= 4 is 5.90 Å². The van der Waals surface area contributed by atoms with Crippen LogP contribution in [0.15, 0.2) is 16.6 Å². The third-order valence-electron chi connectivity index (χ3n) is 2.18. The zero-order valence-corrected chi connectivity index (χ0v) is 7.29. The molecule has 1 saturated carbocycles. The highest BCUT2D eigenvalue weighted by molar-refractivity contribution is 5.75. The Hall–Kier alpha value is -1.03. The molecule has 0 radical (unpaired) electrons. The summed E-state index contributed by atoms with van der Waals surface area (Å²) in [6, 6.07) is 0.280. The van der Waals surface area contributed by atoms with Gasteiger partial charge in [-0.1, -0.05) is 0 Å². The standard InChI is InChI=1S/C8H13N3O/c1-4-8(6-3-7(6)9)12-5(2)11-10-4/h6-7,10H,3,9H2,1-2H3. The van der Waals surface area contributed by atoms with E-state index in [4.69, 9.17) is 10.5 Å². The Labute approximate surface area is 71.5 Å². The third kappa shape index (κ3) is 1.18. The van der Waals surface area contributed by atoms with E-state index in [9.17, 15) is 0 Å². The zero-order chi connectivity index (χ0) is 8.72. The molecule has 4 nitrogen and oxygen atoms in total. The van der Waals surface area contributed by atoms with Crippen LogP contribution in [0.3, 0.4) is 0 Å². The number of ether oxygens (including phenoxy) is 1. The summed E-state index contributed by atoms with van der Waals surface area (Å²) < 4.78 is 5.48. The first-order valence-corrected chi connectivity index (χ1v) is 4.13. The van der Waals surface area contributed by atoms with Gasteiger partial charge in [-0.05, 0) is 13.3 Å². The molecule has 1 aliphatic heterocycles. The summed E-state index contributed by atoms with van der Waals surface area (Å²) in [5.41, 5.74) is 9.62. The van der Waals surface area contributed by atoms with Crippen molar-refractivity contribution in [3.63, 3.8) is 0 Å². The molecule has 0 bridgehead atoms. The molecule has 1 aliphatic carbocycles. The van der Waals surface area contributed by atoms with Crippen LogP contribution >= 0.6 is 0 Å². The summed E-state index contributed by atoms with van der Waals surface area (Å²) in [5, 5.41) is 3.94. The lowest BCUT2D eigenvalue weighted by Crippen LogP contribution is -2.21. The van der Waals surface area contributed by atoms with Crippen molar-refractivity contribution in [3.8, 4) is 0 Å². The van der Waals surface area contributed by atoms with Gasteiger partial charge in [-0.2, -0.15) is 0 Å². The van der Waals surface area contributed by atoms with Gasteiger partial charge in [-0.3, -0.25) is 5.43 Å². The Bertz CT molecular complexity index is 269. The summed E-state index contributed by atoms with van der Waals surface area (Å²) in [6.07, 6.45) is 1.03. The van der Waals surface area contributed by atoms with Gasteiger partial charge in [-0.25, -0.2) is 0 Å². The molecule has 0 amide bonds. The van der Waals surface area contributed by atoms with Gasteiger partial charge in [0, 0.05) is 18.9 Å². The van der Waals surface area contributed by atoms with Crippen molar-refractivity contribution in [1.29, 1.82) is 0 Å². The Morgan fingerprint density at radius 3 is 2.83 bits per heavy atom. The molecule has 0 spiro atoms. The molecule has 2 unspecified atom stereocenters. The number of rotatable bonds is 1. The lowest BCUT2D eigenvalue weighted by Gasteiger charge is -2.17. The fourth-order valence-electron chi connectivity index (χ4n) is 1.35. The monoisotopic (exact) mass is 167 g/mol. The van der Waals surface area contributed by atoms with Gasteiger partial charge >= 0.3 is 0 Å². The summed E-state index contributed by atoms with van der Waals surface area (Å²) >= 11 is 0. The van der Waals surface area contributed by atoms with E-state index in [1.807, 2.05) is 13.8 Å². The largest absolute Gasteiger partial charge is 0.444 e. The molecule has 4 heteroatoms. The van der Waals surface area contributed by atoms with Gasteiger partial charge in [0.25, 0.3) is 0 Å². The van der Waals surface area contributed by atoms with Gasteiger partial charge in [0.15, 0.2) is 0 Å². The van der Waals surface area contributed by atoms with Crippen LogP contribution in [0.25, 0.3) is 0 Å². The molecule has 2 aliphatic rings. The van der Waals surface area contributed by atoms with Crippen molar-refractivity contribution in [2.24, 2.45) is 16.8 Å². The summed E-state index contributed by atoms with van der Waals surface area (Å²) in [7, 11) is 0. The van der Waals surface area contributed by atoms with Crippen molar-refractivity contribution in [1.82, 2.24) is 5.43 Å². The van der Waals surface area contributed by atoms with Crippen LogP contribution in [0.4, 0.5) is 0 Å². The molecule has 2 atom stereocenters. The predicted molar refractivity (Wildman–Crippen MR) is 46.1 cm³/mol. The highest BCUT2D eigenvalue weighted by Crippen LogP contribution is 2.37. The number of nitrogens with two attached hydrogens (primary N) is 1. The third-order valence-corrected chi connectivity index (χ3v) is 2.18. The first-order chi connectivity index (χ1) is 5.68. The second-order valence-electron chi connectivity index (χ2n) is 3.34. The molecular formula is C8H13N3O. The van der Waals surface area contributed by atoms with Crippen LogP contribution in [0.1, 0.15) is 20.3 Å². The maximum Gasteiger partial charge on any atom is 0.208 e. The lowest BCUT2D eigenvalue weighted by atomic mass is 10.2. The number of hydrogen-bond acceptors (Lipinski definition) is 4. The van der Waals surface area contributed by atoms with Gasteiger partial charge < -0.3 is 10.5 Å². The van der Waals surface area contributed by atoms with E-state index < -0.39 is 0 Å². The van der Waals surface area contributed by atoms with Crippen molar-refractivity contribution < 1.29 is 4.74 Å². The number of allylic oxidation sites excluding steroid dienone is 1. The molecule has 12 heavy (non-hydrogen) atoms. The van der Waals surface area contributed by atoms with Crippen LogP contribution in [0.5, 0.6) is 0 Å². The highest BCUT2D eigenvalue weighted by Gasteiger charge is 2.40. The molecule has 0 aromatic rings. The predicted octanol–water partition coefficient (Wildman–Crippen LogP) is 0.518. The van der Waals surface area contributed by atoms with Crippen molar-refractivity contribution in [3.05, 3.63) is 11.5 Å². The van der Waals surface area contributed by atoms with Crippen LogP contribution in [-0.2, 0) is 4.74 Å². The van der Waals surface area contributed by atoms with Crippen LogP contribution in [-0.4, -0.2) is 11.9 Å². The van der Waals surface area contributed by atoms with Gasteiger partial charge in [0.05, 0.1) is 5.70 Å². The van der Waals surface area contributed by atoms with E-state index in [0.29, 0.717) is 11.8 Å². The smallest absolute Gasteiger partial charge is 0.208 e. The highest BCUT2D eigenvalue weighted by atomic mass is 16.5. The zero-order valence-electron chi connectivity index (χ0n) is 7.29. The average Bonchev–Trinajstić information content (AvgIpc) is 2.73. The Morgan fingerprint density at radius 1 is 1.58 bits per heavy atom. The maximum atomic E-state index is 5.72. The number of nitrogens with zero attached hydrogens (tertiary/aromatic N) is 1. The fourth-order valence-corrected chi connectivity index (χ4v) is 1.35. The Morgan fingerprint density at radius 2 is 2.25 bits per heavy atom. The summed E-state index contributed by atoms with van der Waals surface area (Å²) in [6.45, 7) is 3.78. The second-order valence-corrected chi connectivity index (χ2v) is 3.34. The molecule has 0 aromatic heterocycles. The fraction of sp³-hybridized carbons (Fsp3) is 0.625.